The van der Waals surface area contributed by atoms with Crippen LogP contribution in [0.5, 0.6) is 0 Å². The van der Waals surface area contributed by atoms with Gasteiger partial charge in [0.05, 0.1) is 24.8 Å². The van der Waals surface area contributed by atoms with Gasteiger partial charge < -0.3 is 15.2 Å². The first-order chi connectivity index (χ1) is 8.99. The number of halogens is 2. The van der Waals surface area contributed by atoms with Gasteiger partial charge in [0.1, 0.15) is 17.6 Å². The number of hydrogen-bond acceptors (Lipinski definition) is 3. The molecule has 0 saturated carbocycles. The molecular formula is C12H11F2NO4. The molecule has 7 heteroatoms. The monoisotopic (exact) mass is 271 g/mol. The van der Waals surface area contributed by atoms with E-state index in [1.165, 1.54) is 0 Å². The van der Waals surface area contributed by atoms with E-state index in [4.69, 9.17) is 9.84 Å². The lowest BCUT2D eigenvalue weighted by atomic mass is 10.0. The van der Waals surface area contributed by atoms with E-state index in [0.717, 1.165) is 12.1 Å². The maximum atomic E-state index is 13.4. The molecule has 1 aliphatic rings. The van der Waals surface area contributed by atoms with E-state index < -0.39 is 35.5 Å². The van der Waals surface area contributed by atoms with E-state index in [1.807, 2.05) is 0 Å². The van der Waals surface area contributed by atoms with Crippen LogP contribution < -0.4 is 5.32 Å². The number of hydrogen-bond donors (Lipinski definition) is 2. The normalized spacial score (nSPS) is 22.2. The maximum Gasteiger partial charge on any atom is 0.311 e. The van der Waals surface area contributed by atoms with Crippen molar-refractivity contribution in [2.75, 3.05) is 13.2 Å². The van der Waals surface area contributed by atoms with Crippen molar-refractivity contribution < 1.29 is 28.2 Å². The molecule has 0 spiro atoms. The zero-order valence-corrected chi connectivity index (χ0v) is 9.73. The van der Waals surface area contributed by atoms with Crippen molar-refractivity contribution in [3.8, 4) is 0 Å². The van der Waals surface area contributed by atoms with Crippen molar-refractivity contribution in [2.24, 2.45) is 5.92 Å². The lowest BCUT2D eigenvalue weighted by molar-refractivity contribution is -0.142. The van der Waals surface area contributed by atoms with Gasteiger partial charge >= 0.3 is 5.97 Å². The summed E-state index contributed by atoms with van der Waals surface area (Å²) >= 11 is 0. The van der Waals surface area contributed by atoms with Crippen molar-refractivity contribution >= 4 is 11.9 Å². The van der Waals surface area contributed by atoms with Gasteiger partial charge in [0.15, 0.2) is 0 Å². The van der Waals surface area contributed by atoms with Crippen LogP contribution in [0.15, 0.2) is 18.2 Å². The van der Waals surface area contributed by atoms with Gasteiger partial charge in [-0.15, -0.1) is 0 Å². The standard InChI is InChI=1S/C12H11F2NO4/c13-6-1-2-7(9(14)3-6)11(16)15-10-5-19-4-8(10)12(17)18/h1-3,8,10H,4-5H2,(H,15,16)(H,17,18). The molecule has 1 aromatic carbocycles. The van der Waals surface area contributed by atoms with Gasteiger partial charge in [-0.3, -0.25) is 9.59 Å². The SMILES string of the molecule is O=C(NC1COCC1C(=O)O)c1ccc(F)cc1F. The molecule has 1 amide bonds. The number of ether oxygens (including phenoxy) is 1. The summed E-state index contributed by atoms with van der Waals surface area (Å²) in [5, 5.41) is 11.3. The van der Waals surface area contributed by atoms with Gasteiger partial charge in [-0.2, -0.15) is 0 Å². The summed E-state index contributed by atoms with van der Waals surface area (Å²) in [6.07, 6.45) is 0. The van der Waals surface area contributed by atoms with Gasteiger partial charge in [0.25, 0.3) is 5.91 Å². The van der Waals surface area contributed by atoms with E-state index >= 15 is 0 Å². The molecule has 0 bridgehead atoms. The summed E-state index contributed by atoms with van der Waals surface area (Å²) in [6, 6.07) is 1.83. The van der Waals surface area contributed by atoms with Gasteiger partial charge in [-0.1, -0.05) is 0 Å². The van der Waals surface area contributed by atoms with Crippen molar-refractivity contribution in [1.82, 2.24) is 5.32 Å². The van der Waals surface area contributed by atoms with Gasteiger partial charge in [-0.05, 0) is 12.1 Å². The number of amides is 1. The molecule has 0 aromatic heterocycles. The minimum Gasteiger partial charge on any atom is -0.481 e. The third-order valence-corrected chi connectivity index (χ3v) is 2.89. The fourth-order valence-corrected chi connectivity index (χ4v) is 1.86. The van der Waals surface area contributed by atoms with Crippen LogP contribution in [0.25, 0.3) is 0 Å². The summed E-state index contributed by atoms with van der Waals surface area (Å²) in [5.41, 5.74) is -0.336. The molecule has 1 fully saturated rings. The van der Waals surface area contributed by atoms with E-state index in [1.54, 1.807) is 0 Å². The van der Waals surface area contributed by atoms with Crippen LogP contribution in [0.1, 0.15) is 10.4 Å². The first-order valence-electron chi connectivity index (χ1n) is 5.55. The molecule has 2 rings (SSSR count). The quantitative estimate of drug-likeness (QED) is 0.852. The second-order valence-electron chi connectivity index (χ2n) is 4.19. The Labute approximate surface area is 107 Å². The number of nitrogens with one attached hydrogen (secondary N) is 1. The smallest absolute Gasteiger partial charge is 0.311 e. The molecule has 2 N–H and O–H groups in total. The summed E-state index contributed by atoms with van der Waals surface area (Å²) < 4.78 is 31.1. The fourth-order valence-electron chi connectivity index (χ4n) is 1.86. The summed E-state index contributed by atoms with van der Waals surface area (Å²) in [6.45, 7) is 0.0394. The Balaban J connectivity index is 2.10. The second-order valence-corrected chi connectivity index (χ2v) is 4.19. The van der Waals surface area contributed by atoms with E-state index in [-0.39, 0.29) is 18.8 Å². The average Bonchev–Trinajstić information content (AvgIpc) is 2.76. The molecule has 2 unspecified atom stereocenters. The topological polar surface area (TPSA) is 75.6 Å². The Bertz CT molecular complexity index is 520. The van der Waals surface area contributed by atoms with Crippen LogP contribution in [0, 0.1) is 17.6 Å². The fraction of sp³-hybridized carbons (Fsp3) is 0.333. The third-order valence-electron chi connectivity index (χ3n) is 2.89. The number of carbonyl (C=O) groups is 2. The number of aliphatic carboxylic acids is 1. The lowest BCUT2D eigenvalue weighted by Crippen LogP contribution is -2.42. The van der Waals surface area contributed by atoms with Crippen LogP contribution in [0.4, 0.5) is 8.78 Å². The van der Waals surface area contributed by atoms with E-state index in [0.29, 0.717) is 6.07 Å². The Morgan fingerprint density at radius 3 is 2.68 bits per heavy atom. The Kier molecular flexibility index (Phi) is 3.75. The number of rotatable bonds is 3. The molecule has 19 heavy (non-hydrogen) atoms. The van der Waals surface area contributed by atoms with E-state index in [2.05, 4.69) is 5.32 Å². The number of benzene rings is 1. The first kappa shape index (κ1) is 13.4. The third kappa shape index (κ3) is 2.87. The van der Waals surface area contributed by atoms with Crippen molar-refractivity contribution in [3.05, 3.63) is 35.4 Å². The Morgan fingerprint density at radius 2 is 2.05 bits per heavy atom. The van der Waals surface area contributed by atoms with Crippen LogP contribution in [0.3, 0.4) is 0 Å². The molecule has 5 nitrogen and oxygen atoms in total. The van der Waals surface area contributed by atoms with Crippen molar-refractivity contribution in [1.29, 1.82) is 0 Å². The second kappa shape index (κ2) is 5.31. The number of carboxylic acid groups (broad SMARTS) is 1. The molecule has 1 aliphatic heterocycles. The minimum absolute atomic E-state index is 0.00776. The summed E-state index contributed by atoms with van der Waals surface area (Å²) in [4.78, 5) is 22.7. The highest BCUT2D eigenvalue weighted by Crippen LogP contribution is 2.16. The van der Waals surface area contributed by atoms with Crippen LogP contribution in [-0.4, -0.2) is 36.2 Å². The van der Waals surface area contributed by atoms with Gasteiger partial charge in [0, 0.05) is 6.07 Å². The molecular weight excluding hydrogens is 260 g/mol. The highest BCUT2D eigenvalue weighted by molar-refractivity contribution is 5.95. The minimum atomic E-state index is -1.10. The predicted molar refractivity (Wildman–Crippen MR) is 59.6 cm³/mol. The predicted octanol–water partition coefficient (Wildman–Crippen LogP) is 0.794. The molecule has 1 saturated heterocycles. The molecule has 0 aliphatic carbocycles. The van der Waals surface area contributed by atoms with Gasteiger partial charge in [-0.25, -0.2) is 8.78 Å². The van der Waals surface area contributed by atoms with Gasteiger partial charge in [0.2, 0.25) is 0 Å². The number of carbonyl (C=O) groups excluding carboxylic acids is 1. The largest absolute Gasteiger partial charge is 0.481 e. The Hall–Kier alpha value is -2.02. The zero-order chi connectivity index (χ0) is 14.0. The molecule has 1 aromatic rings. The van der Waals surface area contributed by atoms with E-state index in [9.17, 15) is 18.4 Å². The highest BCUT2D eigenvalue weighted by atomic mass is 19.1. The summed E-state index contributed by atoms with van der Waals surface area (Å²) in [5.74, 6) is -4.54. The highest BCUT2D eigenvalue weighted by Gasteiger charge is 2.35. The summed E-state index contributed by atoms with van der Waals surface area (Å²) in [7, 11) is 0. The average molecular weight is 271 g/mol. The maximum absolute atomic E-state index is 13.4. The van der Waals surface area contributed by atoms with Crippen LogP contribution in [0.2, 0.25) is 0 Å². The lowest BCUT2D eigenvalue weighted by Gasteiger charge is -2.15. The molecule has 2 atom stereocenters. The molecule has 0 radical (unpaired) electrons. The molecule has 102 valence electrons. The molecule has 1 heterocycles. The number of carboxylic acids is 1. The van der Waals surface area contributed by atoms with Crippen LogP contribution >= 0.6 is 0 Å². The zero-order valence-electron chi connectivity index (χ0n) is 9.73. The van der Waals surface area contributed by atoms with Crippen molar-refractivity contribution in [2.45, 2.75) is 6.04 Å². The Morgan fingerprint density at radius 1 is 1.32 bits per heavy atom. The first-order valence-corrected chi connectivity index (χ1v) is 5.55. The van der Waals surface area contributed by atoms with Crippen LogP contribution in [-0.2, 0) is 9.53 Å². The van der Waals surface area contributed by atoms with Crippen molar-refractivity contribution in [3.63, 3.8) is 0 Å².